The molecule has 0 aromatic carbocycles. The third-order valence-electron chi connectivity index (χ3n) is 3.54. The quantitative estimate of drug-likeness (QED) is 0.563. The van der Waals surface area contributed by atoms with Crippen molar-refractivity contribution in [2.75, 3.05) is 7.11 Å². The van der Waals surface area contributed by atoms with Crippen molar-refractivity contribution in [3.63, 3.8) is 0 Å². The lowest BCUT2D eigenvalue weighted by molar-refractivity contribution is 0.0998. The van der Waals surface area contributed by atoms with E-state index in [1.807, 2.05) is 7.11 Å². The monoisotopic (exact) mass is 154 g/mol. The summed E-state index contributed by atoms with van der Waals surface area (Å²) in [5, 5.41) is 0. The van der Waals surface area contributed by atoms with E-state index in [4.69, 9.17) is 4.74 Å². The van der Waals surface area contributed by atoms with Crippen LogP contribution in [-0.4, -0.2) is 13.2 Å². The van der Waals surface area contributed by atoms with Crippen LogP contribution >= 0.6 is 0 Å². The van der Waals surface area contributed by atoms with Gasteiger partial charge in [0.05, 0.1) is 6.10 Å². The summed E-state index contributed by atoms with van der Waals surface area (Å²) in [7, 11) is 1.86. The zero-order valence-corrected chi connectivity index (χ0v) is 7.55. The molecule has 0 aromatic rings. The molecule has 0 aliphatic heterocycles. The van der Waals surface area contributed by atoms with Crippen LogP contribution in [0.1, 0.15) is 32.6 Å². The Bertz CT molecular complexity index is 130. The van der Waals surface area contributed by atoms with Gasteiger partial charge in [-0.3, -0.25) is 0 Å². The van der Waals surface area contributed by atoms with Crippen LogP contribution < -0.4 is 0 Å². The smallest absolute Gasteiger partial charge is 0.0576 e. The minimum Gasteiger partial charge on any atom is -0.381 e. The van der Waals surface area contributed by atoms with E-state index < -0.39 is 0 Å². The molecule has 2 saturated carbocycles. The molecule has 2 aliphatic rings. The van der Waals surface area contributed by atoms with Crippen LogP contribution in [0.5, 0.6) is 0 Å². The predicted octanol–water partition coefficient (Wildman–Crippen LogP) is 2.46. The van der Waals surface area contributed by atoms with E-state index in [1.54, 1.807) is 0 Å². The van der Waals surface area contributed by atoms with Crippen LogP contribution in [0.4, 0.5) is 0 Å². The van der Waals surface area contributed by atoms with Gasteiger partial charge in [-0.25, -0.2) is 0 Å². The Morgan fingerprint density at radius 1 is 1.00 bits per heavy atom. The average molecular weight is 154 g/mol. The first kappa shape index (κ1) is 7.60. The number of rotatable bonds is 1. The highest BCUT2D eigenvalue weighted by molar-refractivity contribution is 4.90. The average Bonchev–Trinajstić information content (AvgIpc) is 2.43. The Kier molecular flexibility index (Phi) is 1.92. The molecule has 11 heavy (non-hydrogen) atoms. The molecule has 0 aromatic heterocycles. The van der Waals surface area contributed by atoms with Crippen LogP contribution in [0.3, 0.4) is 0 Å². The van der Waals surface area contributed by atoms with E-state index in [0.717, 1.165) is 17.8 Å². The minimum absolute atomic E-state index is 0.595. The lowest BCUT2D eigenvalue weighted by Gasteiger charge is -2.09. The number of methoxy groups -OCH3 is 1. The normalized spacial score (nSPS) is 49.6. The zero-order chi connectivity index (χ0) is 7.84. The number of hydrogen-bond acceptors (Lipinski definition) is 1. The van der Waals surface area contributed by atoms with Gasteiger partial charge in [0.15, 0.2) is 0 Å². The maximum atomic E-state index is 5.38. The third kappa shape index (κ3) is 1.31. The van der Waals surface area contributed by atoms with Crippen molar-refractivity contribution >= 4 is 0 Å². The Balaban J connectivity index is 1.93. The summed E-state index contributed by atoms with van der Waals surface area (Å²) in [6, 6.07) is 0. The fourth-order valence-corrected chi connectivity index (χ4v) is 3.06. The highest BCUT2D eigenvalue weighted by atomic mass is 16.5. The second-order valence-electron chi connectivity index (χ2n) is 4.43. The molecular formula is C10H18O. The van der Waals surface area contributed by atoms with Crippen LogP contribution in [0.25, 0.3) is 0 Å². The molecule has 2 fully saturated rings. The topological polar surface area (TPSA) is 9.23 Å². The molecule has 64 valence electrons. The van der Waals surface area contributed by atoms with Gasteiger partial charge in [0.2, 0.25) is 0 Å². The van der Waals surface area contributed by atoms with Crippen LogP contribution in [0.2, 0.25) is 0 Å². The lowest BCUT2D eigenvalue weighted by atomic mass is 10.0. The zero-order valence-electron chi connectivity index (χ0n) is 7.55. The standard InChI is InChI=1S/C10H18O/c1-7-3-8-5-10(11-2)6-9(8)4-7/h7-10H,3-6H2,1-2H3/t7-,8?,9?,10-. The van der Waals surface area contributed by atoms with Gasteiger partial charge in [0.1, 0.15) is 0 Å². The first-order chi connectivity index (χ1) is 5.29. The summed E-state index contributed by atoms with van der Waals surface area (Å²) in [4.78, 5) is 0. The van der Waals surface area contributed by atoms with Gasteiger partial charge in [-0.15, -0.1) is 0 Å². The number of fused-ring (bicyclic) bond motifs is 1. The second-order valence-corrected chi connectivity index (χ2v) is 4.43. The highest BCUT2D eigenvalue weighted by Gasteiger charge is 2.39. The fraction of sp³-hybridized carbons (Fsp3) is 1.00. The molecule has 0 saturated heterocycles. The SMILES string of the molecule is CO[C@H]1CC2C[C@H](C)CC2C1. The fourth-order valence-electron chi connectivity index (χ4n) is 3.06. The van der Waals surface area contributed by atoms with Crippen molar-refractivity contribution in [2.24, 2.45) is 17.8 Å². The van der Waals surface area contributed by atoms with Gasteiger partial charge in [-0.2, -0.15) is 0 Å². The van der Waals surface area contributed by atoms with E-state index in [2.05, 4.69) is 6.92 Å². The summed E-state index contributed by atoms with van der Waals surface area (Å²) < 4.78 is 5.38. The summed E-state index contributed by atoms with van der Waals surface area (Å²) >= 11 is 0. The van der Waals surface area contributed by atoms with E-state index in [9.17, 15) is 0 Å². The Hall–Kier alpha value is -0.0400. The summed E-state index contributed by atoms with van der Waals surface area (Å²) in [5.41, 5.74) is 0. The first-order valence-electron chi connectivity index (χ1n) is 4.82. The van der Waals surface area contributed by atoms with Gasteiger partial charge in [-0.1, -0.05) is 6.92 Å². The first-order valence-corrected chi connectivity index (χ1v) is 4.82. The molecule has 2 rings (SSSR count). The van der Waals surface area contributed by atoms with E-state index in [-0.39, 0.29) is 0 Å². The lowest BCUT2D eigenvalue weighted by Crippen LogP contribution is -2.06. The third-order valence-corrected chi connectivity index (χ3v) is 3.54. The second kappa shape index (κ2) is 2.78. The van der Waals surface area contributed by atoms with Crippen molar-refractivity contribution in [1.29, 1.82) is 0 Å². The van der Waals surface area contributed by atoms with Gasteiger partial charge >= 0.3 is 0 Å². The van der Waals surface area contributed by atoms with E-state index >= 15 is 0 Å². The maximum absolute atomic E-state index is 5.38. The highest BCUT2D eigenvalue weighted by Crippen LogP contribution is 2.47. The molecule has 0 heterocycles. The van der Waals surface area contributed by atoms with Crippen molar-refractivity contribution in [1.82, 2.24) is 0 Å². The van der Waals surface area contributed by atoms with Gasteiger partial charge in [-0.05, 0) is 43.4 Å². The van der Waals surface area contributed by atoms with Crippen molar-refractivity contribution in [2.45, 2.75) is 38.7 Å². The summed E-state index contributed by atoms with van der Waals surface area (Å²) in [6.07, 6.45) is 6.20. The largest absolute Gasteiger partial charge is 0.381 e. The van der Waals surface area contributed by atoms with Crippen LogP contribution in [0.15, 0.2) is 0 Å². The van der Waals surface area contributed by atoms with E-state index in [0.29, 0.717) is 6.10 Å². The van der Waals surface area contributed by atoms with Crippen molar-refractivity contribution in [3.05, 3.63) is 0 Å². The molecule has 0 spiro atoms. The minimum atomic E-state index is 0.595. The van der Waals surface area contributed by atoms with E-state index in [1.165, 1.54) is 25.7 Å². The molecule has 1 heteroatoms. The molecule has 0 amide bonds. The molecule has 2 atom stereocenters. The Morgan fingerprint density at radius 3 is 2.00 bits per heavy atom. The molecule has 0 N–H and O–H groups in total. The molecule has 2 unspecified atom stereocenters. The molecule has 1 nitrogen and oxygen atoms in total. The van der Waals surface area contributed by atoms with Gasteiger partial charge < -0.3 is 4.74 Å². The maximum Gasteiger partial charge on any atom is 0.0576 e. The molecule has 0 bridgehead atoms. The number of hydrogen-bond donors (Lipinski definition) is 0. The van der Waals surface area contributed by atoms with Crippen molar-refractivity contribution in [3.8, 4) is 0 Å². The van der Waals surface area contributed by atoms with Gasteiger partial charge in [0.25, 0.3) is 0 Å². The Morgan fingerprint density at radius 2 is 1.55 bits per heavy atom. The van der Waals surface area contributed by atoms with Crippen molar-refractivity contribution < 1.29 is 4.74 Å². The molecule has 0 radical (unpaired) electrons. The molecule has 2 aliphatic carbocycles. The Labute approximate surface area is 69.1 Å². The summed E-state index contributed by atoms with van der Waals surface area (Å²) in [6.45, 7) is 2.39. The number of ether oxygens (including phenoxy) is 1. The van der Waals surface area contributed by atoms with Crippen LogP contribution in [0, 0.1) is 17.8 Å². The van der Waals surface area contributed by atoms with Crippen LogP contribution in [-0.2, 0) is 4.74 Å². The predicted molar refractivity (Wildman–Crippen MR) is 45.4 cm³/mol. The molecular weight excluding hydrogens is 136 g/mol. The summed E-state index contributed by atoms with van der Waals surface area (Å²) in [5.74, 6) is 3.01. The van der Waals surface area contributed by atoms with Gasteiger partial charge in [0, 0.05) is 7.11 Å².